The van der Waals surface area contributed by atoms with Crippen LogP contribution in [0.5, 0.6) is 0 Å². The van der Waals surface area contributed by atoms with Gasteiger partial charge in [0.15, 0.2) is 0 Å². The number of nitrogens with two attached hydrogens (primary N) is 1. The molecule has 0 saturated heterocycles. The SMILES string of the molecule is N#Cc1c(N)sc2c1CCN(c1ncnc3scc(-c4ccc(Cl)cc4)c13)C2. The number of aromatic nitrogens is 2. The average molecular weight is 424 g/mol. The molecule has 138 valence electrons. The van der Waals surface area contributed by atoms with Crippen LogP contribution in [-0.2, 0) is 13.0 Å². The lowest BCUT2D eigenvalue weighted by molar-refractivity contribution is 0.734. The van der Waals surface area contributed by atoms with Gasteiger partial charge >= 0.3 is 0 Å². The van der Waals surface area contributed by atoms with Crippen LogP contribution in [0.15, 0.2) is 36.0 Å². The summed E-state index contributed by atoms with van der Waals surface area (Å²) in [5, 5.41) is 13.9. The second kappa shape index (κ2) is 6.74. The number of nitriles is 1. The molecule has 0 unspecified atom stereocenters. The molecular formula is C20H14ClN5S2. The number of anilines is 2. The molecular weight excluding hydrogens is 410 g/mol. The Morgan fingerprint density at radius 2 is 2.04 bits per heavy atom. The van der Waals surface area contributed by atoms with Crippen molar-refractivity contribution in [3.63, 3.8) is 0 Å². The van der Waals surface area contributed by atoms with Gasteiger partial charge in [-0.25, -0.2) is 9.97 Å². The molecule has 0 saturated carbocycles. The van der Waals surface area contributed by atoms with E-state index in [1.165, 1.54) is 11.3 Å². The van der Waals surface area contributed by atoms with E-state index >= 15 is 0 Å². The number of benzene rings is 1. The molecule has 0 radical (unpaired) electrons. The number of nitrogens with zero attached hydrogens (tertiary/aromatic N) is 4. The number of hydrogen-bond donors (Lipinski definition) is 1. The summed E-state index contributed by atoms with van der Waals surface area (Å²) in [6, 6.07) is 10.1. The summed E-state index contributed by atoms with van der Waals surface area (Å²) in [7, 11) is 0. The van der Waals surface area contributed by atoms with E-state index in [1.54, 1.807) is 17.7 Å². The molecule has 0 bridgehead atoms. The van der Waals surface area contributed by atoms with Gasteiger partial charge in [0.05, 0.1) is 17.5 Å². The van der Waals surface area contributed by atoms with Crippen molar-refractivity contribution in [2.24, 2.45) is 0 Å². The smallest absolute Gasteiger partial charge is 0.141 e. The van der Waals surface area contributed by atoms with Crippen LogP contribution < -0.4 is 10.6 Å². The Kier molecular flexibility index (Phi) is 4.20. The van der Waals surface area contributed by atoms with Gasteiger partial charge in [-0.15, -0.1) is 22.7 Å². The molecule has 0 spiro atoms. The van der Waals surface area contributed by atoms with Gasteiger partial charge in [0, 0.05) is 27.4 Å². The fourth-order valence-electron chi connectivity index (χ4n) is 3.67. The summed E-state index contributed by atoms with van der Waals surface area (Å²) in [5.74, 6) is 0.923. The molecule has 0 fully saturated rings. The maximum Gasteiger partial charge on any atom is 0.141 e. The van der Waals surface area contributed by atoms with E-state index < -0.39 is 0 Å². The zero-order chi connectivity index (χ0) is 19.3. The number of fused-ring (bicyclic) bond motifs is 2. The van der Waals surface area contributed by atoms with Crippen LogP contribution in [0.2, 0.25) is 5.02 Å². The highest BCUT2D eigenvalue weighted by Gasteiger charge is 2.26. The third-order valence-electron chi connectivity index (χ3n) is 5.00. The highest BCUT2D eigenvalue weighted by atomic mass is 35.5. The molecule has 28 heavy (non-hydrogen) atoms. The average Bonchev–Trinajstić information content (AvgIpc) is 3.28. The van der Waals surface area contributed by atoms with E-state index in [0.29, 0.717) is 22.1 Å². The monoisotopic (exact) mass is 423 g/mol. The number of rotatable bonds is 2. The summed E-state index contributed by atoms with van der Waals surface area (Å²) >= 11 is 9.18. The molecule has 4 heterocycles. The van der Waals surface area contributed by atoms with Gasteiger partial charge in [0.1, 0.15) is 28.0 Å². The van der Waals surface area contributed by atoms with Crippen molar-refractivity contribution >= 4 is 55.3 Å². The van der Waals surface area contributed by atoms with Crippen LogP contribution in [0.1, 0.15) is 16.0 Å². The number of hydrogen-bond acceptors (Lipinski definition) is 7. The fraction of sp³-hybridized carbons (Fsp3) is 0.150. The predicted molar refractivity (Wildman–Crippen MR) is 116 cm³/mol. The third kappa shape index (κ3) is 2.73. The minimum atomic E-state index is 0.611. The van der Waals surface area contributed by atoms with Gasteiger partial charge in [-0.2, -0.15) is 5.26 Å². The Hall–Kier alpha value is -2.66. The van der Waals surface area contributed by atoms with E-state index in [-0.39, 0.29) is 0 Å². The highest BCUT2D eigenvalue weighted by Crippen LogP contribution is 2.41. The van der Waals surface area contributed by atoms with Crippen LogP contribution in [0.25, 0.3) is 21.3 Å². The van der Waals surface area contributed by atoms with E-state index in [0.717, 1.165) is 50.6 Å². The zero-order valence-corrected chi connectivity index (χ0v) is 17.0. The van der Waals surface area contributed by atoms with E-state index in [4.69, 9.17) is 17.3 Å². The minimum absolute atomic E-state index is 0.611. The Morgan fingerprint density at radius 1 is 1.21 bits per heavy atom. The molecule has 8 heteroatoms. The standard InChI is InChI=1S/C20H14ClN5S2/c21-12-3-1-11(2-4-12)15-9-27-20-17(15)19(24-10-25-20)26-6-5-13-14(7-22)18(23)28-16(13)8-26/h1-4,9-10H,5-6,8,23H2. The normalized spacial score (nSPS) is 13.5. The van der Waals surface area contributed by atoms with Crippen LogP contribution in [-0.4, -0.2) is 16.5 Å². The topological polar surface area (TPSA) is 78.8 Å². The predicted octanol–water partition coefficient (Wildman–Crippen LogP) is 5.09. The first-order valence-corrected chi connectivity index (χ1v) is 10.8. The summed E-state index contributed by atoms with van der Waals surface area (Å²) in [4.78, 5) is 13.5. The van der Waals surface area contributed by atoms with Crippen LogP contribution in [0, 0.1) is 11.3 Å². The Morgan fingerprint density at radius 3 is 2.82 bits per heavy atom. The Labute approximate surface area is 174 Å². The maximum absolute atomic E-state index is 9.38. The van der Waals surface area contributed by atoms with E-state index in [2.05, 4.69) is 26.3 Å². The van der Waals surface area contributed by atoms with Crippen molar-refractivity contribution < 1.29 is 0 Å². The van der Waals surface area contributed by atoms with Crippen molar-refractivity contribution in [3.8, 4) is 17.2 Å². The lowest BCUT2D eigenvalue weighted by Gasteiger charge is -2.28. The fourth-order valence-corrected chi connectivity index (χ4v) is 5.79. The van der Waals surface area contributed by atoms with Crippen LogP contribution in [0.4, 0.5) is 10.8 Å². The third-order valence-corrected chi connectivity index (χ3v) is 7.19. The first-order chi connectivity index (χ1) is 13.7. The van der Waals surface area contributed by atoms with Gasteiger partial charge < -0.3 is 10.6 Å². The largest absolute Gasteiger partial charge is 0.389 e. The second-order valence-electron chi connectivity index (χ2n) is 6.56. The molecule has 1 aliphatic rings. The molecule has 0 atom stereocenters. The van der Waals surface area contributed by atoms with Crippen molar-refractivity contribution in [1.82, 2.24) is 9.97 Å². The quantitative estimate of drug-likeness (QED) is 0.485. The first kappa shape index (κ1) is 17.4. The molecule has 0 amide bonds. The van der Waals surface area contributed by atoms with Crippen molar-refractivity contribution in [3.05, 3.63) is 57.0 Å². The van der Waals surface area contributed by atoms with E-state index in [1.807, 2.05) is 24.3 Å². The maximum atomic E-state index is 9.38. The molecule has 3 aromatic heterocycles. The molecule has 1 aliphatic heterocycles. The summed E-state index contributed by atoms with van der Waals surface area (Å²) in [6.07, 6.45) is 2.41. The van der Waals surface area contributed by atoms with Gasteiger partial charge in [-0.3, -0.25) is 0 Å². The van der Waals surface area contributed by atoms with Gasteiger partial charge in [0.2, 0.25) is 0 Å². The van der Waals surface area contributed by atoms with Crippen molar-refractivity contribution in [1.29, 1.82) is 5.26 Å². The Balaban J connectivity index is 1.61. The molecule has 0 aliphatic carbocycles. The Bertz CT molecular complexity index is 1240. The second-order valence-corrected chi connectivity index (χ2v) is 8.99. The summed E-state index contributed by atoms with van der Waals surface area (Å²) < 4.78 is 0. The number of nitrogen functional groups attached to an aromatic ring is 1. The highest BCUT2D eigenvalue weighted by molar-refractivity contribution is 7.17. The van der Waals surface area contributed by atoms with Gasteiger partial charge in [-0.1, -0.05) is 23.7 Å². The summed E-state index contributed by atoms with van der Waals surface area (Å²) in [6.45, 7) is 1.49. The number of halogens is 1. The molecule has 1 aromatic carbocycles. The first-order valence-electron chi connectivity index (χ1n) is 8.69. The zero-order valence-electron chi connectivity index (χ0n) is 14.6. The van der Waals surface area contributed by atoms with Gasteiger partial charge in [-0.05, 0) is 29.7 Å². The lowest BCUT2D eigenvalue weighted by atomic mass is 10.0. The van der Waals surface area contributed by atoms with E-state index in [9.17, 15) is 5.26 Å². The van der Waals surface area contributed by atoms with Crippen molar-refractivity contribution in [2.75, 3.05) is 17.2 Å². The van der Waals surface area contributed by atoms with Crippen LogP contribution in [0.3, 0.4) is 0 Å². The molecule has 4 aromatic rings. The van der Waals surface area contributed by atoms with Crippen LogP contribution >= 0.6 is 34.3 Å². The molecule has 2 N–H and O–H groups in total. The summed E-state index contributed by atoms with van der Waals surface area (Å²) in [5.41, 5.74) is 9.99. The van der Waals surface area contributed by atoms with Gasteiger partial charge in [0.25, 0.3) is 0 Å². The lowest BCUT2D eigenvalue weighted by Crippen LogP contribution is -2.30. The minimum Gasteiger partial charge on any atom is -0.389 e. The number of thiophene rings is 2. The molecule has 5 nitrogen and oxygen atoms in total. The molecule has 5 rings (SSSR count). The van der Waals surface area contributed by atoms with Crippen molar-refractivity contribution in [2.45, 2.75) is 13.0 Å².